The van der Waals surface area contributed by atoms with Gasteiger partial charge in [-0.2, -0.15) is 0 Å². The highest BCUT2D eigenvalue weighted by molar-refractivity contribution is 4.87. The summed E-state index contributed by atoms with van der Waals surface area (Å²) in [6, 6.07) is 0. The first-order valence-corrected chi connectivity index (χ1v) is 5.88. The van der Waals surface area contributed by atoms with E-state index in [-0.39, 0.29) is 16.6 Å². The van der Waals surface area contributed by atoms with Crippen molar-refractivity contribution in [3.05, 3.63) is 0 Å². The standard InChI is InChI=1S/C12H30N4/c1-10(2,13)7-16(8-11(3,4)14)9-12(5,6)15/h7-9,13-15H2,1-6H3. The molecule has 4 nitrogen and oxygen atoms in total. The minimum absolute atomic E-state index is 0.226. The summed E-state index contributed by atoms with van der Waals surface area (Å²) in [7, 11) is 0. The number of hydrogen-bond donors (Lipinski definition) is 3. The summed E-state index contributed by atoms with van der Waals surface area (Å²) < 4.78 is 0. The Morgan fingerprint density at radius 3 is 0.938 bits per heavy atom. The van der Waals surface area contributed by atoms with Crippen LogP contribution in [0.2, 0.25) is 0 Å². The largest absolute Gasteiger partial charge is 0.324 e. The van der Waals surface area contributed by atoms with Gasteiger partial charge < -0.3 is 17.2 Å². The molecule has 0 aromatic carbocycles. The summed E-state index contributed by atoms with van der Waals surface area (Å²) in [6.07, 6.45) is 0. The molecule has 0 aliphatic carbocycles. The van der Waals surface area contributed by atoms with Crippen molar-refractivity contribution in [3.8, 4) is 0 Å². The fraction of sp³-hybridized carbons (Fsp3) is 1.00. The van der Waals surface area contributed by atoms with Crippen molar-refractivity contribution in [1.82, 2.24) is 4.90 Å². The zero-order valence-corrected chi connectivity index (χ0v) is 11.8. The Balaban J connectivity index is 4.53. The zero-order chi connectivity index (χ0) is 13.2. The number of hydrogen-bond acceptors (Lipinski definition) is 4. The fourth-order valence-corrected chi connectivity index (χ4v) is 1.90. The summed E-state index contributed by atoms with van der Waals surface area (Å²) in [5.74, 6) is 0. The molecule has 4 heteroatoms. The topological polar surface area (TPSA) is 81.3 Å². The Hall–Kier alpha value is -0.160. The van der Waals surface area contributed by atoms with Crippen LogP contribution >= 0.6 is 0 Å². The maximum absolute atomic E-state index is 6.05. The van der Waals surface area contributed by atoms with E-state index in [9.17, 15) is 0 Å². The predicted molar refractivity (Wildman–Crippen MR) is 71.2 cm³/mol. The second kappa shape index (κ2) is 5.00. The SMILES string of the molecule is CC(C)(N)CN(CC(C)(C)N)CC(C)(C)N. The smallest absolute Gasteiger partial charge is 0.0226 e. The minimum atomic E-state index is -0.226. The molecule has 6 N–H and O–H groups in total. The van der Waals surface area contributed by atoms with Crippen molar-refractivity contribution in [1.29, 1.82) is 0 Å². The van der Waals surface area contributed by atoms with Crippen LogP contribution in [0.5, 0.6) is 0 Å². The van der Waals surface area contributed by atoms with Gasteiger partial charge in [0.25, 0.3) is 0 Å². The van der Waals surface area contributed by atoms with Crippen LogP contribution < -0.4 is 17.2 Å². The molecule has 0 heterocycles. The molecule has 0 rings (SSSR count). The van der Waals surface area contributed by atoms with Crippen molar-refractivity contribution in [2.45, 2.75) is 58.2 Å². The Morgan fingerprint density at radius 2 is 0.812 bits per heavy atom. The highest BCUT2D eigenvalue weighted by Crippen LogP contribution is 2.10. The van der Waals surface area contributed by atoms with Gasteiger partial charge in [0, 0.05) is 36.3 Å². The molecule has 98 valence electrons. The van der Waals surface area contributed by atoms with Gasteiger partial charge in [0.1, 0.15) is 0 Å². The summed E-state index contributed by atoms with van der Waals surface area (Å²) in [5.41, 5.74) is 17.5. The monoisotopic (exact) mass is 230 g/mol. The fourth-order valence-electron chi connectivity index (χ4n) is 1.90. The van der Waals surface area contributed by atoms with Crippen LogP contribution in [0.4, 0.5) is 0 Å². The van der Waals surface area contributed by atoms with E-state index in [4.69, 9.17) is 17.2 Å². The van der Waals surface area contributed by atoms with Gasteiger partial charge in [-0.1, -0.05) is 0 Å². The van der Waals surface area contributed by atoms with Crippen molar-refractivity contribution in [2.24, 2.45) is 17.2 Å². The molecule has 0 aliphatic heterocycles. The lowest BCUT2D eigenvalue weighted by atomic mass is 9.99. The molecular weight excluding hydrogens is 200 g/mol. The van der Waals surface area contributed by atoms with E-state index in [2.05, 4.69) is 4.90 Å². The molecule has 0 atom stereocenters. The van der Waals surface area contributed by atoms with E-state index in [1.165, 1.54) is 0 Å². The van der Waals surface area contributed by atoms with Gasteiger partial charge in [-0.3, -0.25) is 4.90 Å². The van der Waals surface area contributed by atoms with Crippen molar-refractivity contribution >= 4 is 0 Å². The van der Waals surface area contributed by atoms with E-state index >= 15 is 0 Å². The normalized spacial score (nSPS) is 14.6. The lowest BCUT2D eigenvalue weighted by molar-refractivity contribution is 0.162. The molecule has 0 radical (unpaired) electrons. The van der Waals surface area contributed by atoms with Gasteiger partial charge in [0.2, 0.25) is 0 Å². The predicted octanol–water partition coefficient (Wildman–Crippen LogP) is 0.500. The van der Waals surface area contributed by atoms with E-state index in [0.717, 1.165) is 19.6 Å². The molecule has 0 spiro atoms. The van der Waals surface area contributed by atoms with Gasteiger partial charge in [-0.15, -0.1) is 0 Å². The first-order chi connectivity index (χ1) is 6.79. The van der Waals surface area contributed by atoms with Crippen molar-refractivity contribution in [2.75, 3.05) is 19.6 Å². The lowest BCUT2D eigenvalue weighted by Crippen LogP contribution is -2.56. The second-order valence-electron chi connectivity index (χ2n) is 7.11. The van der Waals surface area contributed by atoms with Crippen LogP contribution in [-0.2, 0) is 0 Å². The van der Waals surface area contributed by atoms with E-state index in [1.54, 1.807) is 0 Å². The molecule has 16 heavy (non-hydrogen) atoms. The van der Waals surface area contributed by atoms with Crippen molar-refractivity contribution in [3.63, 3.8) is 0 Å². The average molecular weight is 230 g/mol. The molecule has 0 bridgehead atoms. The minimum Gasteiger partial charge on any atom is -0.324 e. The molecular formula is C12H30N4. The van der Waals surface area contributed by atoms with Gasteiger partial charge >= 0.3 is 0 Å². The molecule has 0 fully saturated rings. The molecule has 0 saturated carbocycles. The Labute approximate surface area is 101 Å². The third-order valence-corrected chi connectivity index (χ3v) is 1.89. The third kappa shape index (κ3) is 10.4. The van der Waals surface area contributed by atoms with Gasteiger partial charge in [0.15, 0.2) is 0 Å². The highest BCUT2D eigenvalue weighted by Gasteiger charge is 2.25. The van der Waals surface area contributed by atoms with Crippen LogP contribution in [0.3, 0.4) is 0 Å². The van der Waals surface area contributed by atoms with Gasteiger partial charge in [-0.05, 0) is 41.5 Å². The summed E-state index contributed by atoms with van der Waals surface area (Å²) in [4.78, 5) is 2.25. The molecule has 0 unspecified atom stereocenters. The first-order valence-electron chi connectivity index (χ1n) is 5.88. The average Bonchev–Trinajstić information content (AvgIpc) is 1.70. The van der Waals surface area contributed by atoms with E-state index in [0.29, 0.717) is 0 Å². The molecule has 0 saturated heterocycles. The van der Waals surface area contributed by atoms with E-state index < -0.39 is 0 Å². The zero-order valence-electron chi connectivity index (χ0n) is 11.8. The maximum Gasteiger partial charge on any atom is 0.0226 e. The number of rotatable bonds is 6. The molecule has 0 aliphatic rings. The first kappa shape index (κ1) is 15.8. The molecule has 0 amide bonds. The summed E-state index contributed by atoms with van der Waals surface area (Å²) in [6.45, 7) is 14.5. The lowest BCUT2D eigenvalue weighted by Gasteiger charge is -2.37. The highest BCUT2D eigenvalue weighted by atomic mass is 15.2. The number of nitrogens with zero attached hydrogens (tertiary/aromatic N) is 1. The Morgan fingerprint density at radius 1 is 0.625 bits per heavy atom. The quantitative estimate of drug-likeness (QED) is 0.621. The Kier molecular flexibility index (Phi) is 4.95. The second-order valence-corrected chi connectivity index (χ2v) is 7.11. The van der Waals surface area contributed by atoms with Crippen LogP contribution in [0.25, 0.3) is 0 Å². The number of nitrogens with two attached hydrogens (primary N) is 3. The molecule has 0 aromatic heterocycles. The third-order valence-electron chi connectivity index (χ3n) is 1.89. The summed E-state index contributed by atoms with van der Waals surface area (Å²) in [5, 5.41) is 0. The van der Waals surface area contributed by atoms with Gasteiger partial charge in [-0.25, -0.2) is 0 Å². The van der Waals surface area contributed by atoms with Crippen LogP contribution in [0, 0.1) is 0 Å². The van der Waals surface area contributed by atoms with Gasteiger partial charge in [0.05, 0.1) is 0 Å². The molecule has 0 aromatic rings. The van der Waals surface area contributed by atoms with Crippen LogP contribution in [0.1, 0.15) is 41.5 Å². The van der Waals surface area contributed by atoms with E-state index in [1.807, 2.05) is 41.5 Å². The Bertz CT molecular complexity index is 166. The van der Waals surface area contributed by atoms with Crippen LogP contribution in [0.15, 0.2) is 0 Å². The van der Waals surface area contributed by atoms with Crippen LogP contribution in [-0.4, -0.2) is 41.2 Å². The maximum atomic E-state index is 6.05. The van der Waals surface area contributed by atoms with Crippen molar-refractivity contribution < 1.29 is 0 Å². The summed E-state index contributed by atoms with van der Waals surface area (Å²) >= 11 is 0.